The summed E-state index contributed by atoms with van der Waals surface area (Å²) in [5, 5.41) is 35.9. The number of hydrogen-bond acceptors (Lipinski definition) is 14. The summed E-state index contributed by atoms with van der Waals surface area (Å²) < 4.78 is 20.9. The third kappa shape index (κ3) is 23.2. The van der Waals surface area contributed by atoms with Gasteiger partial charge in [-0.25, -0.2) is 14.6 Å². The van der Waals surface area contributed by atoms with Gasteiger partial charge in [0, 0.05) is 63.3 Å². The molecule has 0 aliphatic rings. The molecule has 0 spiro atoms. The number of H-pyrrole nitrogens is 1. The molecule has 0 aliphatic carbocycles. The number of aliphatic hydroxyl groups excluding tert-OH is 1. The van der Waals surface area contributed by atoms with Crippen molar-refractivity contribution in [3.8, 4) is 0 Å². The third-order valence-corrected chi connectivity index (χ3v) is 8.06. The summed E-state index contributed by atoms with van der Waals surface area (Å²) in [7, 11) is 0. The Morgan fingerprint density at radius 3 is 2.16 bits per heavy atom. The highest BCUT2D eigenvalue weighted by Gasteiger charge is 2.31. The van der Waals surface area contributed by atoms with Gasteiger partial charge in [-0.05, 0) is 39.5 Å². The number of aromatic nitrogens is 2. The quantitative estimate of drug-likeness (QED) is 0.0384. The Morgan fingerprint density at radius 2 is 1.53 bits per heavy atom. The second-order valence-electron chi connectivity index (χ2n) is 12.7. The van der Waals surface area contributed by atoms with Crippen molar-refractivity contribution in [3.05, 3.63) is 18.2 Å². The van der Waals surface area contributed by atoms with E-state index in [1.54, 1.807) is 0 Å². The summed E-state index contributed by atoms with van der Waals surface area (Å²) in [4.78, 5) is 92.1. The number of carbonyl (C=O) groups is 7. The number of nitrogens with two attached hydrogens (primary N) is 1. The second-order valence-corrected chi connectivity index (χ2v) is 12.7. The van der Waals surface area contributed by atoms with E-state index < -0.39 is 72.2 Å². The number of rotatable bonds is 34. The van der Waals surface area contributed by atoms with E-state index in [1.165, 1.54) is 19.4 Å². The van der Waals surface area contributed by atoms with Crippen LogP contribution in [0.25, 0.3) is 0 Å². The molecule has 0 saturated heterocycles. The summed E-state index contributed by atoms with van der Waals surface area (Å²) in [6, 6.07) is -3.87. The maximum atomic E-state index is 13.0. The van der Waals surface area contributed by atoms with Gasteiger partial charge in [-0.15, -0.1) is 0 Å². The highest BCUT2D eigenvalue weighted by molar-refractivity contribution is 5.91. The number of ketones is 2. The standard InChI is InChI=1S/C35H58N6O14/c1-3-52-13-15-54-20-26(43)8-6-12-53-14-16-55-21-31(46)40-28(34(48)49)9-10-30(45)38-11-5-4-7-24(33(47)41-32(23(2)42)35(50)51)17-29(44)27(36)18-25-19-37-22-39-25/h19,22-24,27-28,32,42H,3-18,20-21,36H2,1-2H3,(H,37,39)(H,38,45)(H,40,46)(H,41,47)(H,48,49)(H,50,51)/t23?,24-,27+,28+,32+/m1/s1. The maximum absolute atomic E-state index is 13.0. The Hall–Kier alpha value is -4.34. The second kappa shape index (κ2) is 29.0. The summed E-state index contributed by atoms with van der Waals surface area (Å²) in [6.07, 6.45) is 2.67. The number of amides is 3. The molecular formula is C35H58N6O14. The first kappa shape index (κ1) is 48.7. The first-order chi connectivity index (χ1) is 26.2. The van der Waals surface area contributed by atoms with Crippen LogP contribution in [-0.4, -0.2) is 150 Å². The number of aliphatic hydroxyl groups is 1. The molecule has 312 valence electrons. The van der Waals surface area contributed by atoms with E-state index in [9.17, 15) is 48.9 Å². The van der Waals surface area contributed by atoms with Crippen molar-refractivity contribution in [1.82, 2.24) is 25.9 Å². The van der Waals surface area contributed by atoms with Crippen molar-refractivity contribution in [2.24, 2.45) is 11.7 Å². The van der Waals surface area contributed by atoms with Crippen LogP contribution in [0.15, 0.2) is 12.5 Å². The van der Waals surface area contributed by atoms with Crippen molar-refractivity contribution in [2.45, 2.75) is 95.9 Å². The Kier molecular flexibility index (Phi) is 25.7. The lowest BCUT2D eigenvalue weighted by Crippen LogP contribution is -2.50. The fourth-order valence-corrected chi connectivity index (χ4v) is 5.00. The van der Waals surface area contributed by atoms with E-state index >= 15 is 0 Å². The van der Waals surface area contributed by atoms with Gasteiger partial charge in [0.25, 0.3) is 0 Å². The molecule has 1 unspecified atom stereocenters. The predicted octanol–water partition coefficient (Wildman–Crippen LogP) is -1.12. The lowest BCUT2D eigenvalue weighted by Gasteiger charge is -2.22. The fraction of sp³-hybridized carbons (Fsp3) is 0.714. The number of ether oxygens (including phenoxy) is 4. The number of nitrogens with one attached hydrogen (secondary N) is 4. The average molecular weight is 787 g/mol. The first-order valence-electron chi connectivity index (χ1n) is 18.3. The minimum atomic E-state index is -1.59. The van der Waals surface area contributed by atoms with E-state index in [1.807, 2.05) is 6.92 Å². The molecule has 0 fully saturated rings. The molecule has 0 aliphatic heterocycles. The van der Waals surface area contributed by atoms with Crippen LogP contribution in [0.5, 0.6) is 0 Å². The molecule has 9 N–H and O–H groups in total. The van der Waals surface area contributed by atoms with E-state index in [2.05, 4.69) is 25.9 Å². The number of nitrogens with zero attached hydrogens (tertiary/aromatic N) is 1. The summed E-state index contributed by atoms with van der Waals surface area (Å²) in [5.74, 6) is -6.12. The van der Waals surface area contributed by atoms with Gasteiger partial charge in [-0.2, -0.15) is 0 Å². The molecule has 0 saturated carbocycles. The Balaban J connectivity index is 2.38. The molecule has 1 aromatic rings. The maximum Gasteiger partial charge on any atom is 0.328 e. The number of Topliss-reactive ketones (excluding diaryl/α,β-unsaturated/α-hetero) is 2. The van der Waals surface area contributed by atoms with Crippen molar-refractivity contribution in [3.63, 3.8) is 0 Å². The van der Waals surface area contributed by atoms with Gasteiger partial charge in [0.2, 0.25) is 17.7 Å². The van der Waals surface area contributed by atoms with Crippen molar-refractivity contribution < 1.29 is 67.8 Å². The predicted molar refractivity (Wildman–Crippen MR) is 193 cm³/mol. The number of aromatic amines is 1. The fourth-order valence-electron chi connectivity index (χ4n) is 5.00. The molecule has 0 radical (unpaired) electrons. The molecule has 1 heterocycles. The Morgan fingerprint density at radius 1 is 0.836 bits per heavy atom. The number of hydrogen-bond donors (Lipinski definition) is 8. The first-order valence-corrected chi connectivity index (χ1v) is 18.3. The smallest absolute Gasteiger partial charge is 0.328 e. The summed E-state index contributed by atoms with van der Waals surface area (Å²) in [6.45, 7) is 4.73. The van der Waals surface area contributed by atoms with E-state index in [4.69, 9.17) is 24.7 Å². The van der Waals surface area contributed by atoms with Gasteiger partial charge in [-0.1, -0.05) is 6.42 Å². The minimum Gasteiger partial charge on any atom is -0.480 e. The molecule has 1 aromatic heterocycles. The van der Waals surface area contributed by atoms with Crippen LogP contribution < -0.4 is 21.7 Å². The van der Waals surface area contributed by atoms with Crippen LogP contribution in [-0.2, 0) is 58.9 Å². The van der Waals surface area contributed by atoms with Gasteiger partial charge >= 0.3 is 11.9 Å². The normalized spacial score (nSPS) is 13.9. The number of unbranched alkanes of at least 4 members (excludes halogenated alkanes) is 1. The van der Waals surface area contributed by atoms with Crippen LogP contribution in [0, 0.1) is 5.92 Å². The number of imidazole rings is 1. The summed E-state index contributed by atoms with van der Waals surface area (Å²) >= 11 is 0. The van der Waals surface area contributed by atoms with Crippen molar-refractivity contribution in [2.75, 3.05) is 59.4 Å². The van der Waals surface area contributed by atoms with Gasteiger partial charge < -0.3 is 60.9 Å². The number of carboxylic acid groups (broad SMARTS) is 2. The van der Waals surface area contributed by atoms with Crippen LogP contribution in [0.1, 0.15) is 70.9 Å². The molecule has 55 heavy (non-hydrogen) atoms. The van der Waals surface area contributed by atoms with Crippen LogP contribution in [0.2, 0.25) is 0 Å². The molecule has 20 nitrogen and oxygen atoms in total. The number of carbonyl (C=O) groups excluding carboxylic acids is 5. The molecule has 0 aromatic carbocycles. The van der Waals surface area contributed by atoms with Crippen LogP contribution in [0.4, 0.5) is 0 Å². The molecule has 5 atom stereocenters. The zero-order valence-corrected chi connectivity index (χ0v) is 31.6. The van der Waals surface area contributed by atoms with Gasteiger partial charge in [-0.3, -0.25) is 24.0 Å². The summed E-state index contributed by atoms with van der Waals surface area (Å²) in [5.41, 5.74) is 6.66. The average Bonchev–Trinajstić information content (AvgIpc) is 3.65. The van der Waals surface area contributed by atoms with Crippen LogP contribution in [0.3, 0.4) is 0 Å². The van der Waals surface area contributed by atoms with Gasteiger partial charge in [0.1, 0.15) is 19.3 Å². The van der Waals surface area contributed by atoms with Crippen LogP contribution >= 0.6 is 0 Å². The third-order valence-electron chi connectivity index (χ3n) is 8.06. The molecule has 0 bridgehead atoms. The monoisotopic (exact) mass is 786 g/mol. The topological polar surface area (TPSA) is 308 Å². The minimum absolute atomic E-state index is 0.0142. The van der Waals surface area contributed by atoms with Gasteiger partial charge in [0.15, 0.2) is 17.6 Å². The molecule has 20 heteroatoms. The van der Waals surface area contributed by atoms with E-state index in [0.717, 1.165) is 0 Å². The largest absolute Gasteiger partial charge is 0.480 e. The lowest BCUT2D eigenvalue weighted by atomic mass is 9.91. The van der Waals surface area contributed by atoms with Crippen molar-refractivity contribution in [1.29, 1.82) is 0 Å². The lowest BCUT2D eigenvalue weighted by molar-refractivity contribution is -0.145. The van der Waals surface area contributed by atoms with E-state index in [-0.39, 0.29) is 64.3 Å². The zero-order chi connectivity index (χ0) is 41.0. The molecule has 3 amide bonds. The highest BCUT2D eigenvalue weighted by atomic mass is 16.5. The Labute approximate surface area is 319 Å². The number of carboxylic acids is 2. The molecule has 1 rings (SSSR count). The number of aliphatic carboxylic acids is 2. The van der Waals surface area contributed by atoms with Crippen molar-refractivity contribution >= 4 is 41.2 Å². The van der Waals surface area contributed by atoms with Gasteiger partial charge in [0.05, 0.1) is 44.9 Å². The van der Waals surface area contributed by atoms with E-state index in [0.29, 0.717) is 57.8 Å². The highest BCUT2D eigenvalue weighted by Crippen LogP contribution is 2.16. The Bertz CT molecular complexity index is 1310. The SMILES string of the molecule is CCOCCOCC(=O)CCCOCCOCC(=O)N[C@@H](CCC(=O)NCCCC[C@H](CC(=O)[C@@H](N)Cc1cnc[nH]1)C(=O)N[C@H](C(=O)O)C(C)O)C(=O)O. The zero-order valence-electron chi connectivity index (χ0n) is 31.6. The molecular weight excluding hydrogens is 728 g/mol.